The number of hydrogen-bond donors (Lipinski definition) is 3. The minimum Gasteiger partial charge on any atom is -0.490 e. The van der Waals surface area contributed by atoms with E-state index in [0.29, 0.717) is 5.56 Å². The number of aliphatic hydroxyl groups excluding tert-OH is 1. The maximum Gasteiger partial charge on any atom is 0.407 e. The van der Waals surface area contributed by atoms with Gasteiger partial charge < -0.3 is 34.7 Å². The number of nitrogens with zero attached hydrogens (tertiary/aromatic N) is 2. The van der Waals surface area contributed by atoms with Gasteiger partial charge in [0.1, 0.15) is 29.4 Å². The number of halogens is 1. The molecule has 3 N–H and O–H groups in total. The number of aromatic nitrogens is 2. The molecule has 51 heavy (non-hydrogen) atoms. The maximum atomic E-state index is 15.3. The third-order valence-electron chi connectivity index (χ3n) is 7.02. The standard InChI is InChI=1S/C38H45FN4O8/c1-37(2,3)50-35(46)40-21-28(42-36(47)51-38(4,5)6)23-43-22-27(20-41-43)30-18-17-29(19-31(30)39)48-24-32(44)34(45)49-33(25-13-9-7-10-14-25)26-15-11-8-12-16-26/h7-20,22,28,32-33,44H,21,23-24H2,1-6H3,(H,40,46)(H,42,47)/t28?,32-/m1/s1. The van der Waals surface area contributed by atoms with Crippen LogP contribution in [0.5, 0.6) is 5.75 Å². The van der Waals surface area contributed by atoms with E-state index in [4.69, 9.17) is 18.9 Å². The molecule has 2 amide bonds. The fourth-order valence-corrected chi connectivity index (χ4v) is 4.83. The van der Waals surface area contributed by atoms with Gasteiger partial charge in [-0.25, -0.2) is 18.8 Å². The first kappa shape index (κ1) is 38.4. The van der Waals surface area contributed by atoms with E-state index in [1.54, 1.807) is 47.7 Å². The summed E-state index contributed by atoms with van der Waals surface area (Å²) in [5, 5.41) is 20.2. The summed E-state index contributed by atoms with van der Waals surface area (Å²) in [6, 6.07) is 21.8. The Morgan fingerprint density at radius 3 is 2.02 bits per heavy atom. The lowest BCUT2D eigenvalue weighted by Gasteiger charge is -2.25. The molecule has 0 aliphatic rings. The molecule has 0 saturated heterocycles. The lowest BCUT2D eigenvalue weighted by molar-refractivity contribution is -0.159. The molecule has 1 unspecified atom stereocenters. The van der Waals surface area contributed by atoms with Crippen LogP contribution >= 0.6 is 0 Å². The number of nitrogens with one attached hydrogen (secondary N) is 2. The highest BCUT2D eigenvalue weighted by molar-refractivity contribution is 5.75. The van der Waals surface area contributed by atoms with Gasteiger partial charge in [-0.2, -0.15) is 5.10 Å². The summed E-state index contributed by atoms with van der Waals surface area (Å²) >= 11 is 0. The topological polar surface area (TPSA) is 150 Å². The van der Waals surface area contributed by atoms with Gasteiger partial charge in [-0.1, -0.05) is 60.7 Å². The van der Waals surface area contributed by atoms with Crippen LogP contribution in [0.25, 0.3) is 11.1 Å². The van der Waals surface area contributed by atoms with Crippen molar-refractivity contribution in [3.8, 4) is 16.9 Å². The average Bonchev–Trinajstić information content (AvgIpc) is 3.52. The molecule has 272 valence electrons. The molecule has 0 spiro atoms. The molecular weight excluding hydrogens is 659 g/mol. The Kier molecular flexibility index (Phi) is 12.8. The second kappa shape index (κ2) is 17.0. The SMILES string of the molecule is CC(C)(C)OC(=O)NCC(Cn1cc(-c2ccc(OC[C@@H](O)C(=O)OC(c3ccccc3)c3ccccc3)cc2F)cn1)NC(=O)OC(C)(C)C. The van der Waals surface area contributed by atoms with Crippen LogP contribution in [-0.4, -0.2) is 69.5 Å². The van der Waals surface area contributed by atoms with Crippen molar-refractivity contribution in [2.45, 2.75) is 77.5 Å². The number of carbonyl (C=O) groups excluding carboxylic acids is 3. The number of alkyl carbamates (subject to hydrolysis) is 2. The number of esters is 1. The molecular formula is C38H45FN4O8. The highest BCUT2D eigenvalue weighted by Gasteiger charge is 2.26. The van der Waals surface area contributed by atoms with E-state index in [0.717, 1.165) is 17.2 Å². The number of benzene rings is 3. The van der Waals surface area contributed by atoms with Gasteiger partial charge in [0.15, 0.2) is 12.2 Å². The van der Waals surface area contributed by atoms with Crippen LogP contribution in [0.1, 0.15) is 58.8 Å². The van der Waals surface area contributed by atoms with E-state index >= 15 is 4.39 Å². The Labute approximate surface area is 296 Å². The fraction of sp³-hybridized carbons (Fsp3) is 0.368. The van der Waals surface area contributed by atoms with Crippen LogP contribution in [0.4, 0.5) is 14.0 Å². The number of carbonyl (C=O) groups is 3. The van der Waals surface area contributed by atoms with Crippen molar-refractivity contribution in [3.05, 3.63) is 108 Å². The fourth-order valence-electron chi connectivity index (χ4n) is 4.83. The lowest BCUT2D eigenvalue weighted by atomic mass is 10.0. The van der Waals surface area contributed by atoms with E-state index in [2.05, 4.69) is 15.7 Å². The third kappa shape index (κ3) is 12.4. The van der Waals surface area contributed by atoms with E-state index in [-0.39, 0.29) is 24.4 Å². The van der Waals surface area contributed by atoms with Crippen LogP contribution in [0.15, 0.2) is 91.3 Å². The van der Waals surface area contributed by atoms with Gasteiger partial charge >= 0.3 is 18.2 Å². The second-order valence-corrected chi connectivity index (χ2v) is 13.8. The van der Waals surface area contributed by atoms with Crippen LogP contribution in [-0.2, 0) is 25.5 Å². The van der Waals surface area contributed by atoms with Gasteiger partial charge in [0.25, 0.3) is 0 Å². The normalized spacial score (nSPS) is 12.8. The highest BCUT2D eigenvalue weighted by atomic mass is 19.1. The van der Waals surface area contributed by atoms with Crippen molar-refractivity contribution in [2.24, 2.45) is 0 Å². The number of amides is 2. The van der Waals surface area contributed by atoms with E-state index in [1.165, 1.54) is 23.0 Å². The van der Waals surface area contributed by atoms with E-state index in [1.807, 2.05) is 60.7 Å². The quantitative estimate of drug-likeness (QED) is 0.110. The van der Waals surface area contributed by atoms with E-state index in [9.17, 15) is 19.5 Å². The Morgan fingerprint density at radius 1 is 0.863 bits per heavy atom. The van der Waals surface area contributed by atoms with Crippen LogP contribution in [0.3, 0.4) is 0 Å². The van der Waals surface area contributed by atoms with Crippen molar-refractivity contribution < 1.29 is 42.8 Å². The molecule has 4 aromatic rings. The first-order chi connectivity index (χ1) is 24.1. The number of ether oxygens (including phenoxy) is 4. The van der Waals surface area contributed by atoms with Gasteiger partial charge in [-0.05, 0) is 64.8 Å². The smallest absolute Gasteiger partial charge is 0.407 e. The molecule has 13 heteroatoms. The Bertz CT molecular complexity index is 1710. The van der Waals surface area contributed by atoms with Crippen LogP contribution < -0.4 is 15.4 Å². The van der Waals surface area contributed by atoms with Gasteiger partial charge in [-0.15, -0.1) is 0 Å². The molecule has 0 aliphatic heterocycles. The summed E-state index contributed by atoms with van der Waals surface area (Å²) in [7, 11) is 0. The second-order valence-electron chi connectivity index (χ2n) is 13.8. The molecule has 0 fully saturated rings. The van der Waals surface area contributed by atoms with Crippen LogP contribution in [0.2, 0.25) is 0 Å². The number of rotatable bonds is 13. The maximum absolute atomic E-state index is 15.3. The molecule has 1 heterocycles. The first-order valence-electron chi connectivity index (χ1n) is 16.5. The first-order valence-corrected chi connectivity index (χ1v) is 16.5. The molecule has 2 atom stereocenters. The molecule has 12 nitrogen and oxygen atoms in total. The zero-order valence-corrected chi connectivity index (χ0v) is 29.6. The van der Waals surface area contributed by atoms with Crippen LogP contribution in [0, 0.1) is 5.82 Å². The summed E-state index contributed by atoms with van der Waals surface area (Å²) in [6.45, 7) is 10.1. The summed E-state index contributed by atoms with van der Waals surface area (Å²) in [6.07, 6.45) is -0.661. The molecule has 0 bridgehead atoms. The van der Waals surface area contributed by atoms with Crippen molar-refractivity contribution in [1.29, 1.82) is 0 Å². The Balaban J connectivity index is 1.38. The van der Waals surface area contributed by atoms with Gasteiger partial charge in [-0.3, -0.25) is 4.68 Å². The Hall–Kier alpha value is -5.43. The lowest BCUT2D eigenvalue weighted by Crippen LogP contribution is -2.48. The minimum atomic E-state index is -1.63. The molecule has 3 aromatic carbocycles. The highest BCUT2D eigenvalue weighted by Crippen LogP contribution is 2.28. The van der Waals surface area contributed by atoms with Gasteiger partial charge in [0.2, 0.25) is 0 Å². The van der Waals surface area contributed by atoms with E-state index < -0.39 is 60.0 Å². The zero-order valence-electron chi connectivity index (χ0n) is 29.6. The van der Waals surface area contributed by atoms with Gasteiger partial charge in [0, 0.05) is 29.9 Å². The summed E-state index contributed by atoms with van der Waals surface area (Å²) in [4.78, 5) is 37.6. The number of hydrogen-bond acceptors (Lipinski definition) is 9. The molecule has 0 saturated carbocycles. The molecule has 4 rings (SSSR count). The predicted octanol–water partition coefficient (Wildman–Crippen LogP) is 6.18. The Morgan fingerprint density at radius 2 is 1.45 bits per heavy atom. The van der Waals surface area contributed by atoms with Crippen molar-refractivity contribution in [3.63, 3.8) is 0 Å². The minimum absolute atomic E-state index is 0.00229. The van der Waals surface area contributed by atoms with Crippen molar-refractivity contribution in [2.75, 3.05) is 13.2 Å². The monoisotopic (exact) mass is 704 g/mol. The van der Waals surface area contributed by atoms with Gasteiger partial charge in [0.05, 0.1) is 18.8 Å². The van der Waals surface area contributed by atoms with Crippen molar-refractivity contribution >= 4 is 18.2 Å². The average molecular weight is 705 g/mol. The molecule has 1 aromatic heterocycles. The zero-order chi connectivity index (χ0) is 37.2. The molecule has 0 radical (unpaired) electrons. The largest absolute Gasteiger partial charge is 0.490 e. The summed E-state index contributed by atoms with van der Waals surface area (Å²) in [5.41, 5.74) is 0.670. The third-order valence-corrected chi connectivity index (χ3v) is 7.02. The number of aliphatic hydroxyl groups is 1. The summed E-state index contributed by atoms with van der Waals surface area (Å²) < 4.78 is 38.7. The predicted molar refractivity (Wildman–Crippen MR) is 187 cm³/mol. The van der Waals surface area contributed by atoms with Crippen molar-refractivity contribution in [1.82, 2.24) is 20.4 Å². The summed E-state index contributed by atoms with van der Waals surface area (Å²) in [5.74, 6) is -1.43. The molecule has 0 aliphatic carbocycles.